The molecule has 0 aliphatic carbocycles. The summed E-state index contributed by atoms with van der Waals surface area (Å²) in [5, 5.41) is 5.44. The van der Waals surface area contributed by atoms with Gasteiger partial charge in [0, 0.05) is 30.3 Å². The normalized spacial score (nSPS) is 16.8. The molecule has 0 bridgehead atoms. The maximum atomic E-state index is 12.5. The second-order valence-electron chi connectivity index (χ2n) is 6.28. The predicted molar refractivity (Wildman–Crippen MR) is 105 cm³/mol. The highest BCUT2D eigenvalue weighted by Crippen LogP contribution is 2.27. The molecule has 2 aromatic rings. The molecule has 1 aromatic heterocycles. The van der Waals surface area contributed by atoms with Crippen molar-refractivity contribution in [3.8, 4) is 5.75 Å². The number of hydrogen-bond acceptors (Lipinski definition) is 5. The van der Waals surface area contributed by atoms with Gasteiger partial charge in [0.25, 0.3) is 0 Å². The lowest BCUT2D eigenvalue weighted by molar-refractivity contribution is -0.117. The number of methoxy groups -OCH3 is 1. The van der Waals surface area contributed by atoms with Crippen molar-refractivity contribution in [1.29, 1.82) is 0 Å². The van der Waals surface area contributed by atoms with Crippen molar-refractivity contribution in [2.45, 2.75) is 25.5 Å². The first-order valence-electron chi connectivity index (χ1n) is 8.64. The Bertz CT molecular complexity index is 718. The van der Waals surface area contributed by atoms with E-state index in [2.05, 4.69) is 21.7 Å². The Morgan fingerprint density at radius 3 is 3.00 bits per heavy atom. The quantitative estimate of drug-likeness (QED) is 0.734. The fraction of sp³-hybridized carbons (Fsp3) is 0.421. The summed E-state index contributed by atoms with van der Waals surface area (Å²) in [6.45, 7) is 2.62. The topological polar surface area (TPSA) is 50.8 Å². The van der Waals surface area contributed by atoms with Gasteiger partial charge in [0.1, 0.15) is 5.75 Å². The monoisotopic (exact) mass is 394 g/mol. The number of halogens is 1. The second kappa shape index (κ2) is 9.37. The van der Waals surface area contributed by atoms with Crippen LogP contribution >= 0.6 is 22.9 Å². The van der Waals surface area contributed by atoms with Gasteiger partial charge in [-0.2, -0.15) is 0 Å². The summed E-state index contributed by atoms with van der Waals surface area (Å²) in [5.41, 5.74) is 0.661. The molecule has 1 fully saturated rings. The number of amides is 1. The zero-order valence-corrected chi connectivity index (χ0v) is 16.3. The minimum absolute atomic E-state index is 0.0687. The predicted octanol–water partition coefficient (Wildman–Crippen LogP) is 4.03. The molecule has 1 amide bonds. The molecule has 3 rings (SSSR count). The molecule has 1 atom stereocenters. The van der Waals surface area contributed by atoms with Crippen molar-refractivity contribution in [3.63, 3.8) is 0 Å². The highest BCUT2D eigenvalue weighted by atomic mass is 35.5. The maximum Gasteiger partial charge on any atom is 0.238 e. The smallest absolute Gasteiger partial charge is 0.238 e. The van der Waals surface area contributed by atoms with Gasteiger partial charge in [-0.05, 0) is 42.5 Å². The van der Waals surface area contributed by atoms with Gasteiger partial charge < -0.3 is 14.8 Å². The van der Waals surface area contributed by atoms with Crippen LogP contribution in [-0.4, -0.2) is 43.7 Å². The van der Waals surface area contributed by atoms with E-state index < -0.39 is 0 Å². The fourth-order valence-corrected chi connectivity index (χ4v) is 4.04. The van der Waals surface area contributed by atoms with Crippen LogP contribution in [0.4, 0.5) is 5.69 Å². The van der Waals surface area contributed by atoms with E-state index in [1.807, 2.05) is 6.07 Å². The van der Waals surface area contributed by atoms with Crippen LogP contribution in [0.3, 0.4) is 0 Å². The Morgan fingerprint density at radius 1 is 1.46 bits per heavy atom. The van der Waals surface area contributed by atoms with E-state index in [0.29, 0.717) is 23.0 Å². The number of carbonyl (C=O) groups excluding carboxylic acids is 1. The lowest BCUT2D eigenvalue weighted by atomic mass is 10.2. The Hall–Kier alpha value is -1.60. The molecule has 0 radical (unpaired) electrons. The van der Waals surface area contributed by atoms with Gasteiger partial charge >= 0.3 is 0 Å². The molecule has 5 nitrogen and oxygen atoms in total. The first kappa shape index (κ1) is 19.2. The van der Waals surface area contributed by atoms with E-state index in [1.54, 1.807) is 36.6 Å². The van der Waals surface area contributed by atoms with Gasteiger partial charge in [0.15, 0.2) is 0 Å². The van der Waals surface area contributed by atoms with Crippen LogP contribution in [0.1, 0.15) is 17.7 Å². The van der Waals surface area contributed by atoms with E-state index in [0.717, 1.165) is 32.5 Å². The minimum atomic E-state index is -0.0687. The summed E-state index contributed by atoms with van der Waals surface area (Å²) in [6.07, 6.45) is 2.35. The second-order valence-corrected chi connectivity index (χ2v) is 7.72. The number of nitrogens with one attached hydrogen (secondary N) is 1. The van der Waals surface area contributed by atoms with E-state index in [-0.39, 0.29) is 12.0 Å². The van der Waals surface area contributed by atoms with Crippen LogP contribution in [0.2, 0.25) is 5.02 Å². The van der Waals surface area contributed by atoms with Gasteiger partial charge in [-0.1, -0.05) is 17.7 Å². The van der Waals surface area contributed by atoms with E-state index in [1.165, 1.54) is 4.88 Å². The van der Waals surface area contributed by atoms with Crippen molar-refractivity contribution in [2.24, 2.45) is 0 Å². The van der Waals surface area contributed by atoms with Crippen LogP contribution in [-0.2, 0) is 16.1 Å². The molecule has 26 heavy (non-hydrogen) atoms. The molecule has 1 unspecified atom stereocenters. The summed E-state index contributed by atoms with van der Waals surface area (Å²) in [5.74, 6) is 0.517. The number of anilines is 1. The van der Waals surface area contributed by atoms with Crippen molar-refractivity contribution in [3.05, 3.63) is 45.6 Å². The average Bonchev–Trinajstić information content (AvgIpc) is 3.29. The zero-order chi connectivity index (χ0) is 18.4. The molecule has 1 N–H and O–H groups in total. The highest BCUT2D eigenvalue weighted by molar-refractivity contribution is 7.09. The number of carbonyl (C=O) groups is 1. The lowest BCUT2D eigenvalue weighted by Gasteiger charge is -2.24. The van der Waals surface area contributed by atoms with Crippen molar-refractivity contribution in [2.75, 3.05) is 32.1 Å². The summed E-state index contributed by atoms with van der Waals surface area (Å²) in [7, 11) is 1.56. The van der Waals surface area contributed by atoms with Crippen LogP contribution in [0.15, 0.2) is 35.7 Å². The number of hydrogen-bond donors (Lipinski definition) is 1. The number of nitrogens with zero attached hydrogens (tertiary/aromatic N) is 1. The molecule has 7 heteroatoms. The van der Waals surface area contributed by atoms with E-state index in [9.17, 15) is 4.79 Å². The first-order chi connectivity index (χ1) is 12.6. The Balaban J connectivity index is 1.60. The fourth-order valence-electron chi connectivity index (χ4n) is 3.03. The third-order valence-electron chi connectivity index (χ3n) is 4.25. The highest BCUT2D eigenvalue weighted by Gasteiger charge is 2.21. The number of benzene rings is 1. The van der Waals surface area contributed by atoms with Crippen molar-refractivity contribution >= 4 is 34.5 Å². The standard InChI is InChI=1S/C19H23ClN2O3S/c1-24-18-7-6-14(10-17(18)20)21-19(23)13-22(11-15-4-2-8-25-15)12-16-5-3-9-26-16/h3,5-7,9-10,15H,2,4,8,11-13H2,1H3,(H,21,23). The molecule has 140 valence electrons. The van der Waals surface area contributed by atoms with Gasteiger partial charge in [-0.3, -0.25) is 9.69 Å². The molecule has 1 saturated heterocycles. The van der Waals surface area contributed by atoms with Crippen LogP contribution in [0, 0.1) is 0 Å². The number of thiophene rings is 1. The molecule has 0 saturated carbocycles. The van der Waals surface area contributed by atoms with Crippen molar-refractivity contribution in [1.82, 2.24) is 4.90 Å². The van der Waals surface area contributed by atoms with Gasteiger partial charge in [0.2, 0.25) is 5.91 Å². The summed E-state index contributed by atoms with van der Waals surface area (Å²) in [4.78, 5) is 15.9. The molecule has 0 spiro atoms. The largest absolute Gasteiger partial charge is 0.495 e. The van der Waals surface area contributed by atoms with Gasteiger partial charge in [-0.15, -0.1) is 11.3 Å². The van der Waals surface area contributed by atoms with Gasteiger partial charge in [0.05, 0.1) is 24.8 Å². The summed E-state index contributed by atoms with van der Waals surface area (Å²) in [6, 6.07) is 9.35. The van der Waals surface area contributed by atoms with E-state index in [4.69, 9.17) is 21.1 Å². The van der Waals surface area contributed by atoms with Crippen molar-refractivity contribution < 1.29 is 14.3 Å². The van der Waals surface area contributed by atoms with Gasteiger partial charge in [-0.25, -0.2) is 0 Å². The van der Waals surface area contributed by atoms with Crippen LogP contribution in [0.25, 0.3) is 0 Å². The third-order valence-corrected chi connectivity index (χ3v) is 5.40. The Morgan fingerprint density at radius 2 is 2.35 bits per heavy atom. The van der Waals surface area contributed by atoms with Crippen LogP contribution < -0.4 is 10.1 Å². The summed E-state index contributed by atoms with van der Waals surface area (Å²) >= 11 is 7.83. The van der Waals surface area contributed by atoms with Crippen LogP contribution in [0.5, 0.6) is 5.75 Å². The number of rotatable bonds is 8. The molecule has 2 heterocycles. The minimum Gasteiger partial charge on any atom is -0.495 e. The number of ether oxygens (including phenoxy) is 2. The lowest BCUT2D eigenvalue weighted by Crippen LogP contribution is -2.37. The Labute approximate surface area is 162 Å². The average molecular weight is 395 g/mol. The molecular formula is C19H23ClN2O3S. The maximum absolute atomic E-state index is 12.5. The molecular weight excluding hydrogens is 372 g/mol. The first-order valence-corrected chi connectivity index (χ1v) is 9.89. The molecule has 1 aliphatic heterocycles. The van der Waals surface area contributed by atoms with E-state index >= 15 is 0 Å². The molecule has 1 aliphatic rings. The zero-order valence-electron chi connectivity index (χ0n) is 14.7. The Kier molecular flexibility index (Phi) is 6.91. The third kappa shape index (κ3) is 5.45. The molecule has 1 aromatic carbocycles. The summed E-state index contributed by atoms with van der Waals surface area (Å²) < 4.78 is 10.9. The SMILES string of the molecule is COc1ccc(NC(=O)CN(Cc2cccs2)CC2CCCO2)cc1Cl.